The predicted octanol–water partition coefficient (Wildman–Crippen LogP) is 2.25. The van der Waals surface area contributed by atoms with Crippen LogP contribution in [-0.2, 0) is 6.54 Å². The van der Waals surface area contributed by atoms with E-state index in [-0.39, 0.29) is 5.91 Å². The number of hydrogen-bond donors (Lipinski definition) is 0. The minimum atomic E-state index is -0.0499. The number of amides is 1. The van der Waals surface area contributed by atoms with Crippen molar-refractivity contribution in [2.24, 2.45) is 5.92 Å². The molecule has 1 fully saturated rings. The summed E-state index contributed by atoms with van der Waals surface area (Å²) in [6, 6.07) is 1.79. The fourth-order valence-electron chi connectivity index (χ4n) is 2.99. The summed E-state index contributed by atoms with van der Waals surface area (Å²) in [5, 5.41) is 4.87. The molecule has 0 unspecified atom stereocenters. The molecular formula is C17H23ClN6O. The smallest absolute Gasteiger partial charge is 0.259 e. The molecule has 0 N–H and O–H groups in total. The fraction of sp³-hybridized carbons (Fsp3) is 0.529. The maximum atomic E-state index is 12.9. The van der Waals surface area contributed by atoms with Crippen LogP contribution in [0, 0.1) is 12.8 Å². The Morgan fingerprint density at radius 1 is 1.20 bits per heavy atom. The van der Waals surface area contributed by atoms with E-state index in [2.05, 4.69) is 33.8 Å². The van der Waals surface area contributed by atoms with E-state index in [0.717, 1.165) is 0 Å². The Bertz CT molecular complexity index is 737. The molecule has 7 nitrogen and oxygen atoms in total. The lowest BCUT2D eigenvalue weighted by Gasteiger charge is -2.34. The third-order valence-electron chi connectivity index (χ3n) is 4.22. The maximum absolute atomic E-state index is 12.9. The van der Waals surface area contributed by atoms with Gasteiger partial charge in [0.1, 0.15) is 5.15 Å². The number of rotatable bonds is 4. The van der Waals surface area contributed by atoms with E-state index in [1.807, 2.05) is 11.8 Å². The third kappa shape index (κ3) is 3.76. The lowest BCUT2D eigenvalue weighted by atomic mass is 10.2. The van der Waals surface area contributed by atoms with Gasteiger partial charge in [-0.2, -0.15) is 5.10 Å². The van der Waals surface area contributed by atoms with Crippen LogP contribution in [0.1, 0.15) is 29.9 Å². The molecule has 1 aliphatic heterocycles. The Morgan fingerprint density at radius 2 is 1.84 bits per heavy atom. The van der Waals surface area contributed by atoms with Gasteiger partial charge in [0.2, 0.25) is 5.95 Å². The Morgan fingerprint density at radius 3 is 2.44 bits per heavy atom. The van der Waals surface area contributed by atoms with Crippen molar-refractivity contribution in [1.82, 2.24) is 24.6 Å². The molecule has 1 amide bonds. The molecule has 0 saturated carbocycles. The number of aryl methyl sites for hydroxylation is 1. The molecule has 0 radical (unpaired) electrons. The van der Waals surface area contributed by atoms with Crippen LogP contribution in [0.3, 0.4) is 0 Å². The number of nitrogens with zero attached hydrogens (tertiary/aromatic N) is 6. The Hall–Kier alpha value is -2.15. The van der Waals surface area contributed by atoms with Gasteiger partial charge in [-0.25, -0.2) is 9.97 Å². The van der Waals surface area contributed by atoms with Crippen LogP contribution in [0.15, 0.2) is 18.5 Å². The van der Waals surface area contributed by atoms with Crippen molar-refractivity contribution in [3.63, 3.8) is 0 Å². The van der Waals surface area contributed by atoms with Crippen molar-refractivity contribution in [2.45, 2.75) is 27.3 Å². The SMILES string of the molecule is Cc1nn(CC(C)C)c(Cl)c1C(=O)N1CCN(c2ncccn2)CC1. The molecule has 2 aromatic rings. The van der Waals surface area contributed by atoms with Gasteiger partial charge in [0.15, 0.2) is 0 Å². The highest BCUT2D eigenvalue weighted by molar-refractivity contribution is 6.33. The van der Waals surface area contributed by atoms with E-state index in [4.69, 9.17) is 11.6 Å². The van der Waals surface area contributed by atoms with Crippen molar-refractivity contribution in [3.05, 3.63) is 34.9 Å². The number of hydrogen-bond acceptors (Lipinski definition) is 5. The van der Waals surface area contributed by atoms with Gasteiger partial charge in [-0.3, -0.25) is 9.48 Å². The van der Waals surface area contributed by atoms with Crippen LogP contribution in [0.5, 0.6) is 0 Å². The van der Waals surface area contributed by atoms with E-state index in [0.29, 0.717) is 61.0 Å². The van der Waals surface area contributed by atoms with Gasteiger partial charge in [0, 0.05) is 45.1 Å². The molecule has 3 rings (SSSR count). The molecule has 0 atom stereocenters. The number of carbonyl (C=O) groups excluding carboxylic acids is 1. The zero-order chi connectivity index (χ0) is 18.0. The van der Waals surface area contributed by atoms with Gasteiger partial charge in [0.05, 0.1) is 11.3 Å². The molecule has 0 spiro atoms. The quantitative estimate of drug-likeness (QED) is 0.834. The van der Waals surface area contributed by atoms with Gasteiger partial charge >= 0.3 is 0 Å². The average Bonchev–Trinajstić information content (AvgIpc) is 2.88. The van der Waals surface area contributed by atoms with E-state index in [1.54, 1.807) is 23.1 Å². The lowest BCUT2D eigenvalue weighted by Crippen LogP contribution is -2.49. The fourth-order valence-corrected chi connectivity index (χ4v) is 3.31. The summed E-state index contributed by atoms with van der Waals surface area (Å²) in [6.07, 6.45) is 3.46. The molecular weight excluding hydrogens is 340 g/mol. The van der Waals surface area contributed by atoms with Crippen molar-refractivity contribution >= 4 is 23.5 Å². The second-order valence-corrected chi connectivity index (χ2v) is 7.01. The Labute approximate surface area is 152 Å². The van der Waals surface area contributed by atoms with Gasteiger partial charge in [-0.1, -0.05) is 25.4 Å². The first-order chi connectivity index (χ1) is 12.0. The first kappa shape index (κ1) is 17.7. The molecule has 8 heteroatoms. The van der Waals surface area contributed by atoms with Crippen molar-refractivity contribution in [3.8, 4) is 0 Å². The topological polar surface area (TPSA) is 67.2 Å². The Balaban J connectivity index is 1.70. The van der Waals surface area contributed by atoms with E-state index in [9.17, 15) is 4.79 Å². The molecule has 2 aromatic heterocycles. The number of piperazine rings is 1. The van der Waals surface area contributed by atoms with E-state index >= 15 is 0 Å². The summed E-state index contributed by atoms with van der Waals surface area (Å²) < 4.78 is 1.73. The molecule has 1 saturated heterocycles. The van der Waals surface area contributed by atoms with Crippen LogP contribution >= 0.6 is 11.6 Å². The predicted molar refractivity (Wildman–Crippen MR) is 97.0 cm³/mol. The summed E-state index contributed by atoms with van der Waals surface area (Å²) in [4.78, 5) is 25.4. The van der Waals surface area contributed by atoms with Crippen LogP contribution in [-0.4, -0.2) is 56.7 Å². The molecule has 0 aliphatic carbocycles. The summed E-state index contributed by atoms with van der Waals surface area (Å²) in [7, 11) is 0. The standard InChI is InChI=1S/C17H23ClN6O/c1-12(2)11-24-15(18)14(13(3)21-24)16(25)22-7-9-23(10-8-22)17-19-5-4-6-20-17/h4-6,12H,7-11H2,1-3H3. The van der Waals surface area contributed by atoms with Crippen molar-refractivity contribution < 1.29 is 4.79 Å². The monoisotopic (exact) mass is 362 g/mol. The summed E-state index contributed by atoms with van der Waals surface area (Å²) in [5.41, 5.74) is 1.20. The molecule has 134 valence electrons. The molecule has 1 aliphatic rings. The first-order valence-electron chi connectivity index (χ1n) is 8.51. The van der Waals surface area contributed by atoms with Gasteiger partial charge in [-0.15, -0.1) is 0 Å². The molecule has 3 heterocycles. The summed E-state index contributed by atoms with van der Waals surface area (Å²) >= 11 is 6.43. The minimum Gasteiger partial charge on any atom is -0.337 e. The second-order valence-electron chi connectivity index (χ2n) is 6.66. The van der Waals surface area contributed by atoms with Crippen LogP contribution in [0.2, 0.25) is 5.15 Å². The van der Waals surface area contributed by atoms with Gasteiger partial charge < -0.3 is 9.80 Å². The molecule has 25 heavy (non-hydrogen) atoms. The zero-order valence-corrected chi connectivity index (χ0v) is 15.6. The maximum Gasteiger partial charge on any atom is 0.259 e. The summed E-state index contributed by atoms with van der Waals surface area (Å²) in [6.45, 7) is 9.36. The lowest BCUT2D eigenvalue weighted by molar-refractivity contribution is 0.0745. The van der Waals surface area contributed by atoms with E-state index in [1.165, 1.54) is 0 Å². The Kier molecular flexibility index (Phi) is 5.22. The normalized spacial score (nSPS) is 15.1. The zero-order valence-electron chi connectivity index (χ0n) is 14.8. The van der Waals surface area contributed by atoms with Gasteiger partial charge in [0.25, 0.3) is 5.91 Å². The summed E-state index contributed by atoms with van der Waals surface area (Å²) in [5.74, 6) is 1.06. The van der Waals surface area contributed by atoms with Crippen LogP contribution < -0.4 is 4.90 Å². The van der Waals surface area contributed by atoms with Crippen molar-refractivity contribution in [2.75, 3.05) is 31.1 Å². The molecule has 0 bridgehead atoms. The van der Waals surface area contributed by atoms with Crippen molar-refractivity contribution in [1.29, 1.82) is 0 Å². The number of anilines is 1. The second kappa shape index (κ2) is 7.39. The van der Waals surface area contributed by atoms with Gasteiger partial charge in [-0.05, 0) is 18.9 Å². The number of aromatic nitrogens is 4. The van der Waals surface area contributed by atoms with Crippen LogP contribution in [0.4, 0.5) is 5.95 Å². The first-order valence-corrected chi connectivity index (χ1v) is 8.89. The third-order valence-corrected chi connectivity index (χ3v) is 4.60. The minimum absolute atomic E-state index is 0.0499. The highest BCUT2D eigenvalue weighted by Gasteiger charge is 2.28. The highest BCUT2D eigenvalue weighted by Crippen LogP contribution is 2.23. The highest BCUT2D eigenvalue weighted by atomic mass is 35.5. The average molecular weight is 363 g/mol. The number of halogens is 1. The molecule has 0 aromatic carbocycles. The largest absolute Gasteiger partial charge is 0.337 e. The van der Waals surface area contributed by atoms with Crippen LogP contribution in [0.25, 0.3) is 0 Å². The number of carbonyl (C=O) groups is 1. The van der Waals surface area contributed by atoms with E-state index < -0.39 is 0 Å².